The van der Waals surface area contributed by atoms with Gasteiger partial charge in [-0.3, -0.25) is 0 Å². The van der Waals surface area contributed by atoms with Gasteiger partial charge < -0.3 is 14.2 Å². The van der Waals surface area contributed by atoms with E-state index in [1.807, 2.05) is 12.1 Å². The van der Waals surface area contributed by atoms with E-state index in [0.717, 1.165) is 10.8 Å². The summed E-state index contributed by atoms with van der Waals surface area (Å²) in [5.74, 6) is -1.05. The van der Waals surface area contributed by atoms with Gasteiger partial charge in [0.2, 0.25) is 0 Å². The largest absolute Gasteiger partial charge is 0.459 e. The molecule has 0 N–H and O–H groups in total. The monoisotopic (exact) mass is 338 g/mol. The number of aromatic nitrogens is 2. The first kappa shape index (κ1) is 15.5. The zero-order valence-corrected chi connectivity index (χ0v) is 13.2. The van der Waals surface area contributed by atoms with E-state index < -0.39 is 11.9 Å². The van der Waals surface area contributed by atoms with Crippen molar-refractivity contribution in [1.82, 2.24) is 9.97 Å². The van der Waals surface area contributed by atoms with Crippen LogP contribution in [0.15, 0.2) is 36.4 Å². The summed E-state index contributed by atoms with van der Waals surface area (Å²) >= 11 is 0. The number of hydrogen-bond acceptors (Lipinski definition) is 7. The molecule has 0 aliphatic carbocycles. The minimum absolute atomic E-state index is 0.0999. The molecule has 1 aromatic carbocycles. The highest BCUT2D eigenvalue weighted by Crippen LogP contribution is 2.23. The molecule has 4 bridgehead atoms. The van der Waals surface area contributed by atoms with Crippen LogP contribution >= 0.6 is 0 Å². The normalized spacial score (nSPS) is 16.0. The van der Waals surface area contributed by atoms with Crippen LogP contribution in [0.1, 0.15) is 21.0 Å². The summed E-state index contributed by atoms with van der Waals surface area (Å²) in [5.41, 5.74) is 1.44. The van der Waals surface area contributed by atoms with Crippen LogP contribution < -0.4 is 0 Å². The number of rotatable bonds is 0. The molecule has 0 fully saturated rings. The SMILES string of the molecule is O=C1OCCOCCOC(=O)c2ccc3ccc4ccc1nc4c3n2. The molecule has 0 unspecified atom stereocenters. The highest BCUT2D eigenvalue weighted by Gasteiger charge is 2.15. The zero-order valence-electron chi connectivity index (χ0n) is 13.2. The molecule has 0 radical (unpaired) electrons. The predicted octanol–water partition coefficient (Wildman–Crippen LogP) is 2.13. The van der Waals surface area contributed by atoms with Gasteiger partial charge in [0.05, 0.1) is 24.2 Å². The molecule has 0 spiro atoms. The molecule has 1 aliphatic heterocycles. The van der Waals surface area contributed by atoms with Gasteiger partial charge in [-0.25, -0.2) is 19.6 Å². The number of carbonyl (C=O) groups is 2. The molecule has 0 saturated carbocycles. The Hall–Kier alpha value is -3.06. The van der Waals surface area contributed by atoms with Crippen molar-refractivity contribution in [3.05, 3.63) is 47.8 Å². The van der Waals surface area contributed by atoms with Gasteiger partial charge in [-0.15, -0.1) is 0 Å². The molecular formula is C18H14N2O5. The third-order valence-corrected chi connectivity index (χ3v) is 3.86. The van der Waals surface area contributed by atoms with Gasteiger partial charge >= 0.3 is 11.9 Å². The second-order valence-corrected chi connectivity index (χ2v) is 5.49. The Morgan fingerprint density at radius 2 is 1.08 bits per heavy atom. The van der Waals surface area contributed by atoms with Gasteiger partial charge in [0, 0.05) is 10.8 Å². The van der Waals surface area contributed by atoms with E-state index in [-0.39, 0.29) is 37.8 Å². The molecule has 0 saturated heterocycles. The Morgan fingerprint density at radius 1 is 0.640 bits per heavy atom. The number of hydrogen-bond donors (Lipinski definition) is 0. The first-order valence-electron chi connectivity index (χ1n) is 7.85. The lowest BCUT2D eigenvalue weighted by Gasteiger charge is -2.07. The Balaban J connectivity index is 1.91. The molecule has 126 valence electrons. The molecule has 3 heterocycles. The topological polar surface area (TPSA) is 87.6 Å². The number of esters is 2. The van der Waals surface area contributed by atoms with Gasteiger partial charge in [0.15, 0.2) is 0 Å². The Morgan fingerprint density at radius 3 is 1.56 bits per heavy atom. The van der Waals surface area contributed by atoms with E-state index in [0.29, 0.717) is 11.0 Å². The molecule has 25 heavy (non-hydrogen) atoms. The van der Waals surface area contributed by atoms with Crippen LogP contribution in [-0.2, 0) is 14.2 Å². The van der Waals surface area contributed by atoms with Crippen LogP contribution in [0.4, 0.5) is 0 Å². The summed E-state index contributed by atoms with van der Waals surface area (Å²) < 4.78 is 15.6. The van der Waals surface area contributed by atoms with Crippen LogP contribution in [0, 0.1) is 0 Å². The molecule has 4 rings (SSSR count). The van der Waals surface area contributed by atoms with E-state index in [1.54, 1.807) is 24.3 Å². The molecule has 3 aromatic rings. The van der Waals surface area contributed by atoms with Crippen molar-refractivity contribution in [2.24, 2.45) is 0 Å². The number of fused-ring (bicyclic) bond motifs is 2. The van der Waals surface area contributed by atoms with Gasteiger partial charge in [0.1, 0.15) is 24.6 Å². The summed E-state index contributed by atoms with van der Waals surface area (Å²) in [4.78, 5) is 33.1. The third kappa shape index (κ3) is 3.01. The first-order valence-corrected chi connectivity index (χ1v) is 7.85. The van der Waals surface area contributed by atoms with Crippen molar-refractivity contribution in [3.8, 4) is 0 Å². The average molecular weight is 338 g/mol. The van der Waals surface area contributed by atoms with Crippen molar-refractivity contribution in [1.29, 1.82) is 0 Å². The first-order chi connectivity index (χ1) is 12.2. The van der Waals surface area contributed by atoms with Crippen LogP contribution in [0.2, 0.25) is 0 Å². The van der Waals surface area contributed by atoms with Gasteiger partial charge in [-0.05, 0) is 12.1 Å². The maximum absolute atomic E-state index is 12.1. The standard InChI is InChI=1S/C18H14N2O5/c21-17-13-5-3-11-1-2-12-4-6-14(20-16(12)15(11)19-13)18(22)25-10-8-23-7-9-24-17/h1-6H,7-10H2. The minimum Gasteiger partial charge on any atom is -0.459 e. The molecule has 2 aromatic heterocycles. The van der Waals surface area contributed by atoms with E-state index in [1.165, 1.54) is 0 Å². The minimum atomic E-state index is -0.527. The zero-order chi connectivity index (χ0) is 17.2. The van der Waals surface area contributed by atoms with Crippen LogP contribution in [0.25, 0.3) is 21.8 Å². The van der Waals surface area contributed by atoms with E-state index >= 15 is 0 Å². The van der Waals surface area contributed by atoms with Crippen LogP contribution in [0.5, 0.6) is 0 Å². The third-order valence-electron chi connectivity index (χ3n) is 3.86. The van der Waals surface area contributed by atoms with Crippen molar-refractivity contribution in [3.63, 3.8) is 0 Å². The second kappa shape index (κ2) is 6.45. The predicted molar refractivity (Wildman–Crippen MR) is 88.4 cm³/mol. The highest BCUT2D eigenvalue weighted by molar-refractivity contribution is 6.05. The maximum atomic E-state index is 12.1. The molecule has 0 amide bonds. The Labute approximate surface area is 142 Å². The van der Waals surface area contributed by atoms with Crippen molar-refractivity contribution in [2.45, 2.75) is 0 Å². The summed E-state index contributed by atoms with van der Waals surface area (Å²) in [6, 6.07) is 10.5. The van der Waals surface area contributed by atoms with E-state index in [4.69, 9.17) is 14.2 Å². The molecule has 7 nitrogen and oxygen atoms in total. The van der Waals surface area contributed by atoms with E-state index in [9.17, 15) is 9.59 Å². The number of ether oxygens (including phenoxy) is 3. The van der Waals surface area contributed by atoms with Crippen molar-refractivity contribution in [2.75, 3.05) is 26.4 Å². The molecule has 0 atom stereocenters. The van der Waals surface area contributed by atoms with Gasteiger partial charge in [0.25, 0.3) is 0 Å². The Kier molecular flexibility index (Phi) is 3.99. The molecule has 1 aliphatic rings. The summed E-state index contributed by atoms with van der Waals surface area (Å²) in [5, 5.41) is 1.63. The molecular weight excluding hydrogens is 324 g/mol. The van der Waals surface area contributed by atoms with Gasteiger partial charge in [-0.2, -0.15) is 0 Å². The fraction of sp³-hybridized carbons (Fsp3) is 0.222. The van der Waals surface area contributed by atoms with Gasteiger partial charge in [-0.1, -0.05) is 24.3 Å². The Bertz CT molecular complexity index is 907. The molecule has 7 heteroatoms. The number of cyclic esters (lactones) is 2. The number of pyridine rings is 2. The fourth-order valence-electron chi connectivity index (χ4n) is 2.63. The maximum Gasteiger partial charge on any atom is 0.357 e. The lowest BCUT2D eigenvalue weighted by atomic mass is 10.1. The summed E-state index contributed by atoms with van der Waals surface area (Å²) in [6.07, 6.45) is 0. The second-order valence-electron chi connectivity index (χ2n) is 5.49. The lowest BCUT2D eigenvalue weighted by Crippen LogP contribution is -2.15. The number of carbonyl (C=O) groups excluding carboxylic acids is 2. The van der Waals surface area contributed by atoms with Crippen molar-refractivity contribution < 1.29 is 23.8 Å². The quantitative estimate of drug-likeness (QED) is 0.458. The van der Waals surface area contributed by atoms with Crippen LogP contribution in [-0.4, -0.2) is 48.3 Å². The summed E-state index contributed by atoms with van der Waals surface area (Å²) in [6.45, 7) is 0.631. The number of nitrogens with zero attached hydrogens (tertiary/aromatic N) is 2. The summed E-state index contributed by atoms with van der Waals surface area (Å²) in [7, 11) is 0. The lowest BCUT2D eigenvalue weighted by molar-refractivity contribution is 0.0146. The van der Waals surface area contributed by atoms with E-state index in [2.05, 4.69) is 9.97 Å². The smallest absolute Gasteiger partial charge is 0.357 e. The van der Waals surface area contributed by atoms with Crippen LogP contribution in [0.3, 0.4) is 0 Å². The number of benzene rings is 1. The average Bonchev–Trinajstić information content (AvgIpc) is 2.65. The van der Waals surface area contributed by atoms with Crippen molar-refractivity contribution >= 4 is 33.7 Å². The highest BCUT2D eigenvalue weighted by atomic mass is 16.6. The fourth-order valence-corrected chi connectivity index (χ4v) is 2.63.